The van der Waals surface area contributed by atoms with Crippen LogP contribution < -0.4 is 0 Å². The largest absolute Gasteiger partial charge is 0.455 e. The molecule has 3 heterocycles. The molecule has 224 valence electrons. The van der Waals surface area contributed by atoms with Gasteiger partial charge in [-0.3, -0.25) is 0 Å². The van der Waals surface area contributed by atoms with Gasteiger partial charge in [0.05, 0.1) is 5.56 Å². The number of benzene rings is 7. The van der Waals surface area contributed by atoms with Gasteiger partial charge in [0.15, 0.2) is 17.5 Å². The van der Waals surface area contributed by atoms with E-state index < -0.39 is 0 Å². The van der Waals surface area contributed by atoms with Crippen molar-refractivity contribution in [3.63, 3.8) is 0 Å². The van der Waals surface area contributed by atoms with E-state index in [1.165, 1.54) is 31.3 Å². The van der Waals surface area contributed by atoms with E-state index in [1.807, 2.05) is 36.4 Å². The minimum atomic E-state index is 0.579. The standard InChI is InChI=1S/C43H25N3OS/c1-2-9-26(10-3-1)27-17-18-29-24-30(20-19-28(29)23-27)41-44-42(31-21-22-34-33-12-5-7-16-38(33)48-39(34)25-31)46-43(45-41)36-14-8-13-35-32-11-4-6-15-37(32)47-40(35)36/h1-25H. The Morgan fingerprint density at radius 3 is 1.88 bits per heavy atom. The first-order chi connectivity index (χ1) is 23.7. The van der Waals surface area contributed by atoms with Crippen LogP contribution in [-0.4, -0.2) is 15.0 Å². The van der Waals surface area contributed by atoms with E-state index in [9.17, 15) is 0 Å². The summed E-state index contributed by atoms with van der Waals surface area (Å²) in [7, 11) is 0. The summed E-state index contributed by atoms with van der Waals surface area (Å²) in [6, 6.07) is 52.9. The number of fused-ring (bicyclic) bond motifs is 7. The molecule has 0 fully saturated rings. The molecule has 0 aliphatic carbocycles. The molecule has 0 atom stereocenters. The Labute approximate surface area is 279 Å². The number of rotatable bonds is 4. The fourth-order valence-corrected chi connectivity index (χ4v) is 7.88. The molecular weight excluding hydrogens is 607 g/mol. The number of hydrogen-bond acceptors (Lipinski definition) is 5. The molecule has 0 bridgehead atoms. The lowest BCUT2D eigenvalue weighted by molar-refractivity contribution is 0.669. The molecule has 0 saturated carbocycles. The summed E-state index contributed by atoms with van der Waals surface area (Å²) in [6.07, 6.45) is 0. The van der Waals surface area contributed by atoms with Crippen LogP contribution in [0.4, 0.5) is 0 Å². The summed E-state index contributed by atoms with van der Waals surface area (Å²) < 4.78 is 8.90. The summed E-state index contributed by atoms with van der Waals surface area (Å²) in [5.74, 6) is 1.83. The molecule has 0 N–H and O–H groups in total. The van der Waals surface area contributed by atoms with Crippen LogP contribution in [0.2, 0.25) is 0 Å². The topological polar surface area (TPSA) is 51.8 Å². The van der Waals surface area contributed by atoms with Gasteiger partial charge in [0.25, 0.3) is 0 Å². The van der Waals surface area contributed by atoms with Gasteiger partial charge in [0.1, 0.15) is 11.2 Å². The summed E-state index contributed by atoms with van der Waals surface area (Å²) in [5, 5.41) is 6.91. The Bertz CT molecular complexity index is 2850. The van der Waals surface area contributed by atoms with Crippen LogP contribution in [0.3, 0.4) is 0 Å². The first-order valence-corrected chi connectivity index (χ1v) is 16.7. The highest BCUT2D eigenvalue weighted by Gasteiger charge is 2.18. The summed E-state index contributed by atoms with van der Waals surface area (Å²) in [5.41, 5.74) is 6.72. The van der Waals surface area contributed by atoms with Crippen LogP contribution in [0.25, 0.3) is 98.2 Å². The van der Waals surface area contributed by atoms with E-state index >= 15 is 0 Å². The van der Waals surface area contributed by atoms with Crippen molar-refractivity contribution in [1.82, 2.24) is 15.0 Å². The minimum absolute atomic E-state index is 0.579. The highest BCUT2D eigenvalue weighted by atomic mass is 32.1. The third-order valence-electron chi connectivity index (χ3n) is 9.12. The maximum atomic E-state index is 6.43. The Kier molecular flexibility index (Phi) is 6.01. The Morgan fingerprint density at radius 1 is 0.396 bits per heavy atom. The first-order valence-electron chi connectivity index (χ1n) is 15.9. The highest BCUT2D eigenvalue weighted by Crippen LogP contribution is 2.38. The second-order valence-electron chi connectivity index (χ2n) is 12.0. The molecule has 0 aliphatic heterocycles. The molecule has 0 unspecified atom stereocenters. The molecule has 0 amide bonds. The molecule has 7 aromatic carbocycles. The SMILES string of the molecule is c1ccc(-c2ccc3cc(-c4nc(-c5ccc6c(c5)sc5ccccc56)nc(-c5cccc6c5oc5ccccc56)n4)ccc3c2)cc1. The molecule has 10 aromatic rings. The van der Waals surface area contributed by atoms with Gasteiger partial charge in [0, 0.05) is 42.1 Å². The Balaban J connectivity index is 1.17. The zero-order chi connectivity index (χ0) is 31.6. The smallest absolute Gasteiger partial charge is 0.167 e. The number of para-hydroxylation sites is 2. The molecule has 48 heavy (non-hydrogen) atoms. The third-order valence-corrected chi connectivity index (χ3v) is 10.3. The van der Waals surface area contributed by atoms with E-state index in [0.29, 0.717) is 17.5 Å². The average molecular weight is 632 g/mol. The van der Waals surface area contributed by atoms with Crippen molar-refractivity contribution in [3.05, 3.63) is 152 Å². The van der Waals surface area contributed by atoms with E-state index in [2.05, 4.69) is 115 Å². The van der Waals surface area contributed by atoms with E-state index in [4.69, 9.17) is 19.4 Å². The van der Waals surface area contributed by atoms with Crippen molar-refractivity contribution in [2.45, 2.75) is 0 Å². The Hall–Kier alpha value is -6.17. The van der Waals surface area contributed by atoms with Gasteiger partial charge in [-0.15, -0.1) is 11.3 Å². The van der Waals surface area contributed by atoms with Crippen LogP contribution in [0.5, 0.6) is 0 Å². The molecule has 0 spiro atoms. The molecule has 0 aliphatic rings. The number of hydrogen-bond donors (Lipinski definition) is 0. The zero-order valence-electron chi connectivity index (χ0n) is 25.6. The number of nitrogens with zero attached hydrogens (tertiary/aromatic N) is 3. The molecule has 3 aromatic heterocycles. The third kappa shape index (κ3) is 4.40. The Morgan fingerprint density at radius 2 is 1.02 bits per heavy atom. The summed E-state index contributed by atoms with van der Waals surface area (Å²) in [4.78, 5) is 15.3. The fraction of sp³-hybridized carbons (Fsp3) is 0. The van der Waals surface area contributed by atoms with Crippen molar-refractivity contribution < 1.29 is 4.42 Å². The van der Waals surface area contributed by atoms with Crippen molar-refractivity contribution in [2.75, 3.05) is 0 Å². The van der Waals surface area contributed by atoms with Gasteiger partial charge in [-0.1, -0.05) is 115 Å². The number of thiophene rings is 1. The van der Waals surface area contributed by atoms with Gasteiger partial charge < -0.3 is 4.42 Å². The second kappa shape index (κ2) is 10.7. The van der Waals surface area contributed by atoms with Crippen molar-refractivity contribution in [2.24, 2.45) is 0 Å². The predicted molar refractivity (Wildman–Crippen MR) is 199 cm³/mol. The highest BCUT2D eigenvalue weighted by molar-refractivity contribution is 7.25. The normalized spacial score (nSPS) is 11.8. The van der Waals surface area contributed by atoms with E-state index in [0.717, 1.165) is 49.4 Å². The van der Waals surface area contributed by atoms with Crippen molar-refractivity contribution in [3.8, 4) is 45.3 Å². The molecule has 10 rings (SSSR count). The van der Waals surface area contributed by atoms with E-state index in [1.54, 1.807) is 11.3 Å². The summed E-state index contributed by atoms with van der Waals surface area (Å²) >= 11 is 1.79. The lowest BCUT2D eigenvalue weighted by Gasteiger charge is -2.10. The van der Waals surface area contributed by atoms with Gasteiger partial charge in [-0.2, -0.15) is 0 Å². The van der Waals surface area contributed by atoms with Crippen LogP contribution in [0.1, 0.15) is 0 Å². The lowest BCUT2D eigenvalue weighted by atomic mass is 10.00. The molecule has 0 radical (unpaired) electrons. The van der Waals surface area contributed by atoms with Gasteiger partial charge in [0.2, 0.25) is 0 Å². The van der Waals surface area contributed by atoms with Crippen LogP contribution >= 0.6 is 11.3 Å². The van der Waals surface area contributed by atoms with Gasteiger partial charge in [-0.25, -0.2) is 15.0 Å². The van der Waals surface area contributed by atoms with Crippen LogP contribution in [-0.2, 0) is 0 Å². The first kappa shape index (κ1) is 27.0. The maximum absolute atomic E-state index is 6.43. The monoisotopic (exact) mass is 631 g/mol. The van der Waals surface area contributed by atoms with Crippen molar-refractivity contribution >= 4 is 64.2 Å². The van der Waals surface area contributed by atoms with Crippen molar-refractivity contribution in [1.29, 1.82) is 0 Å². The predicted octanol–water partition coefficient (Wildman–Crippen LogP) is 12.0. The van der Waals surface area contributed by atoms with Gasteiger partial charge >= 0.3 is 0 Å². The zero-order valence-corrected chi connectivity index (χ0v) is 26.4. The second-order valence-corrected chi connectivity index (χ2v) is 13.1. The van der Waals surface area contributed by atoms with Crippen LogP contribution in [0, 0.1) is 0 Å². The minimum Gasteiger partial charge on any atom is -0.455 e. The molecule has 4 nitrogen and oxygen atoms in total. The lowest BCUT2D eigenvalue weighted by Crippen LogP contribution is -2.00. The number of furan rings is 1. The average Bonchev–Trinajstić information content (AvgIpc) is 3.73. The molecule has 5 heteroatoms. The summed E-state index contributed by atoms with van der Waals surface area (Å²) in [6.45, 7) is 0. The number of aromatic nitrogens is 3. The molecular formula is C43H25N3OS. The quantitative estimate of drug-likeness (QED) is 0.194. The van der Waals surface area contributed by atoms with E-state index in [-0.39, 0.29) is 0 Å². The fourth-order valence-electron chi connectivity index (χ4n) is 6.74. The maximum Gasteiger partial charge on any atom is 0.167 e. The molecule has 0 saturated heterocycles. The van der Waals surface area contributed by atoms with Crippen LogP contribution in [0.15, 0.2) is 156 Å². The van der Waals surface area contributed by atoms with Gasteiger partial charge in [-0.05, 0) is 58.3 Å².